The molecule has 3 rings (SSSR count). The van der Waals surface area contributed by atoms with Crippen molar-refractivity contribution >= 4 is 17.2 Å². The Hall–Kier alpha value is -2.49. The van der Waals surface area contributed by atoms with Crippen molar-refractivity contribution in [1.82, 2.24) is 0 Å². The predicted molar refractivity (Wildman–Crippen MR) is 78.7 cm³/mol. The van der Waals surface area contributed by atoms with Crippen molar-refractivity contribution < 1.29 is 13.5 Å². The molecule has 1 aliphatic rings. The SMILES string of the molecule is Cc1cccc(N=C2C=C(c3ccccc3)OC2(F)F)c1. The van der Waals surface area contributed by atoms with Crippen LogP contribution in [0.1, 0.15) is 11.1 Å². The molecule has 0 bridgehead atoms. The predicted octanol–water partition coefficient (Wildman–Crippen LogP) is 4.73. The number of nitrogens with zero attached hydrogens (tertiary/aromatic N) is 1. The normalized spacial score (nSPS) is 18.4. The van der Waals surface area contributed by atoms with Gasteiger partial charge in [0.1, 0.15) is 5.76 Å². The molecule has 2 aromatic carbocycles. The lowest BCUT2D eigenvalue weighted by Gasteiger charge is -2.12. The Morgan fingerprint density at radius 3 is 2.48 bits per heavy atom. The highest BCUT2D eigenvalue weighted by atomic mass is 19.3. The molecule has 0 spiro atoms. The third-order valence-electron chi connectivity index (χ3n) is 3.11. The van der Waals surface area contributed by atoms with Crippen LogP contribution in [0.15, 0.2) is 65.7 Å². The maximum Gasteiger partial charge on any atom is 0.444 e. The van der Waals surface area contributed by atoms with Crippen LogP contribution in [0.5, 0.6) is 0 Å². The molecule has 106 valence electrons. The highest BCUT2D eigenvalue weighted by Crippen LogP contribution is 2.35. The summed E-state index contributed by atoms with van der Waals surface area (Å²) in [5, 5.41) is 0. The van der Waals surface area contributed by atoms with E-state index >= 15 is 0 Å². The van der Waals surface area contributed by atoms with Crippen molar-refractivity contribution in [2.45, 2.75) is 13.0 Å². The van der Waals surface area contributed by atoms with Crippen molar-refractivity contribution in [1.29, 1.82) is 0 Å². The second-order valence-corrected chi connectivity index (χ2v) is 4.83. The number of rotatable bonds is 2. The van der Waals surface area contributed by atoms with E-state index in [1.165, 1.54) is 6.08 Å². The van der Waals surface area contributed by atoms with E-state index in [0.717, 1.165) is 5.56 Å². The van der Waals surface area contributed by atoms with Gasteiger partial charge in [0.15, 0.2) is 5.71 Å². The molecule has 0 atom stereocenters. The molecule has 0 amide bonds. The summed E-state index contributed by atoms with van der Waals surface area (Å²) < 4.78 is 32.6. The topological polar surface area (TPSA) is 21.6 Å². The van der Waals surface area contributed by atoms with Gasteiger partial charge in [-0.2, -0.15) is 8.78 Å². The Morgan fingerprint density at radius 1 is 1.00 bits per heavy atom. The number of hydrogen-bond donors (Lipinski definition) is 0. The Morgan fingerprint density at radius 2 is 1.76 bits per heavy atom. The maximum atomic E-state index is 13.9. The smallest absolute Gasteiger partial charge is 0.427 e. The maximum absolute atomic E-state index is 13.9. The summed E-state index contributed by atoms with van der Waals surface area (Å²) in [6.45, 7) is 1.89. The van der Waals surface area contributed by atoms with Gasteiger partial charge >= 0.3 is 6.11 Å². The summed E-state index contributed by atoms with van der Waals surface area (Å²) in [6.07, 6.45) is -2.12. The molecule has 1 aliphatic heterocycles. The first-order chi connectivity index (χ1) is 10.0. The van der Waals surface area contributed by atoms with Crippen LogP contribution in [0.25, 0.3) is 5.76 Å². The highest BCUT2D eigenvalue weighted by Gasteiger charge is 2.44. The molecule has 0 aromatic heterocycles. The van der Waals surface area contributed by atoms with Crippen LogP contribution in [-0.4, -0.2) is 11.8 Å². The average molecular weight is 285 g/mol. The number of benzene rings is 2. The number of hydrogen-bond acceptors (Lipinski definition) is 2. The lowest BCUT2D eigenvalue weighted by molar-refractivity contribution is -0.125. The van der Waals surface area contributed by atoms with Gasteiger partial charge in [0.25, 0.3) is 0 Å². The lowest BCUT2D eigenvalue weighted by Crippen LogP contribution is -2.24. The van der Waals surface area contributed by atoms with E-state index in [2.05, 4.69) is 4.99 Å². The van der Waals surface area contributed by atoms with E-state index in [0.29, 0.717) is 11.3 Å². The minimum atomic E-state index is -3.41. The lowest BCUT2D eigenvalue weighted by atomic mass is 10.2. The van der Waals surface area contributed by atoms with Gasteiger partial charge in [-0.3, -0.25) is 0 Å². The van der Waals surface area contributed by atoms with E-state index < -0.39 is 6.11 Å². The first-order valence-electron chi connectivity index (χ1n) is 6.54. The number of halogens is 2. The highest BCUT2D eigenvalue weighted by molar-refractivity contribution is 6.08. The van der Waals surface area contributed by atoms with Gasteiger partial charge in [-0.25, -0.2) is 4.99 Å². The quantitative estimate of drug-likeness (QED) is 0.781. The zero-order valence-electron chi connectivity index (χ0n) is 11.4. The van der Waals surface area contributed by atoms with Crippen molar-refractivity contribution in [2.24, 2.45) is 4.99 Å². The van der Waals surface area contributed by atoms with Crippen LogP contribution in [0.3, 0.4) is 0 Å². The van der Waals surface area contributed by atoms with Crippen molar-refractivity contribution in [3.63, 3.8) is 0 Å². The molecule has 2 nitrogen and oxygen atoms in total. The zero-order valence-corrected chi connectivity index (χ0v) is 11.4. The monoisotopic (exact) mass is 285 g/mol. The first-order valence-corrected chi connectivity index (χ1v) is 6.54. The van der Waals surface area contributed by atoms with Crippen molar-refractivity contribution in [3.8, 4) is 0 Å². The molecule has 2 aromatic rings. The molecule has 21 heavy (non-hydrogen) atoms. The molecular formula is C17H13F2NO. The van der Waals surface area contributed by atoms with Gasteiger partial charge in [-0.05, 0) is 24.6 Å². The zero-order chi connectivity index (χ0) is 14.9. The number of ether oxygens (including phenoxy) is 1. The van der Waals surface area contributed by atoms with Gasteiger partial charge in [-0.15, -0.1) is 0 Å². The fraction of sp³-hybridized carbons (Fsp3) is 0.118. The molecule has 0 N–H and O–H groups in total. The van der Waals surface area contributed by atoms with Crippen LogP contribution in [0, 0.1) is 6.92 Å². The second kappa shape index (κ2) is 5.13. The Kier molecular flexibility index (Phi) is 3.29. The molecule has 0 fully saturated rings. The summed E-state index contributed by atoms with van der Waals surface area (Å²) in [5.74, 6) is 0.131. The van der Waals surface area contributed by atoms with Crippen LogP contribution < -0.4 is 0 Å². The van der Waals surface area contributed by atoms with Crippen molar-refractivity contribution in [2.75, 3.05) is 0 Å². The third kappa shape index (κ3) is 2.84. The van der Waals surface area contributed by atoms with E-state index in [-0.39, 0.29) is 11.5 Å². The van der Waals surface area contributed by atoms with E-state index in [1.54, 1.807) is 42.5 Å². The molecule has 0 radical (unpaired) electrons. The van der Waals surface area contributed by atoms with Gasteiger partial charge in [0.2, 0.25) is 0 Å². The number of aliphatic imine (C=N–C) groups is 1. The van der Waals surface area contributed by atoms with E-state index in [4.69, 9.17) is 4.74 Å². The van der Waals surface area contributed by atoms with Crippen LogP contribution in [0.4, 0.5) is 14.5 Å². The minimum absolute atomic E-state index is 0.131. The molecule has 0 aliphatic carbocycles. The van der Waals surface area contributed by atoms with Gasteiger partial charge < -0.3 is 4.74 Å². The fourth-order valence-corrected chi connectivity index (χ4v) is 2.11. The van der Waals surface area contributed by atoms with Crippen LogP contribution >= 0.6 is 0 Å². The summed E-state index contributed by atoms with van der Waals surface area (Å²) in [5.41, 5.74) is 1.67. The molecule has 0 saturated carbocycles. The Balaban J connectivity index is 1.99. The standard InChI is InChI=1S/C17H13F2NO/c1-12-6-5-9-14(10-12)20-16-11-15(21-17(16,18)19)13-7-3-2-4-8-13/h2-11H,1H3. The molecular weight excluding hydrogens is 272 g/mol. The molecule has 0 unspecified atom stereocenters. The van der Waals surface area contributed by atoms with Gasteiger partial charge in [0.05, 0.1) is 5.69 Å². The first kappa shape index (κ1) is 13.5. The fourth-order valence-electron chi connectivity index (χ4n) is 2.11. The Labute approximate surface area is 121 Å². The van der Waals surface area contributed by atoms with Crippen molar-refractivity contribution in [3.05, 3.63) is 71.8 Å². The summed E-state index contributed by atoms with van der Waals surface area (Å²) in [7, 11) is 0. The number of alkyl halides is 2. The second-order valence-electron chi connectivity index (χ2n) is 4.83. The summed E-state index contributed by atoms with van der Waals surface area (Å²) in [6, 6.07) is 15.9. The van der Waals surface area contributed by atoms with Crippen LogP contribution in [-0.2, 0) is 4.74 Å². The van der Waals surface area contributed by atoms with E-state index in [9.17, 15) is 8.78 Å². The number of aryl methyl sites for hydroxylation is 1. The minimum Gasteiger partial charge on any atom is -0.427 e. The molecule has 1 heterocycles. The Bertz CT molecular complexity index is 721. The third-order valence-corrected chi connectivity index (χ3v) is 3.11. The van der Waals surface area contributed by atoms with Crippen LogP contribution in [0.2, 0.25) is 0 Å². The average Bonchev–Trinajstić information content (AvgIpc) is 2.75. The molecule has 0 saturated heterocycles. The van der Waals surface area contributed by atoms with Gasteiger partial charge in [0, 0.05) is 11.6 Å². The van der Waals surface area contributed by atoms with E-state index in [1.807, 2.05) is 19.1 Å². The van der Waals surface area contributed by atoms with Gasteiger partial charge in [-0.1, -0.05) is 42.5 Å². The summed E-state index contributed by atoms with van der Waals surface area (Å²) in [4.78, 5) is 4.01. The summed E-state index contributed by atoms with van der Waals surface area (Å²) >= 11 is 0. The molecule has 4 heteroatoms. The largest absolute Gasteiger partial charge is 0.444 e.